The van der Waals surface area contributed by atoms with Gasteiger partial charge in [-0.3, -0.25) is 0 Å². The second-order valence-corrected chi connectivity index (χ2v) is 4.83. The maximum Gasteiger partial charge on any atom is 0.116 e. The largest absolute Gasteiger partial charge is 0.328 e. The molecule has 1 nitrogen and oxygen atoms in total. The second kappa shape index (κ2) is 4.11. The number of halogens is 2. The molecule has 2 rings (SSSR count). The van der Waals surface area contributed by atoms with E-state index in [4.69, 9.17) is 17.3 Å². The summed E-state index contributed by atoms with van der Waals surface area (Å²) in [5.41, 5.74) is 5.47. The molecule has 1 aromatic rings. The van der Waals surface area contributed by atoms with Crippen molar-refractivity contribution >= 4 is 11.6 Å². The molecule has 0 amide bonds. The third-order valence-corrected chi connectivity index (χ3v) is 3.43. The molecule has 2 N–H and O–H groups in total. The van der Waals surface area contributed by atoms with E-state index in [1.165, 1.54) is 0 Å². The molecule has 3 heteroatoms. The van der Waals surface area contributed by atoms with Crippen LogP contribution in [0, 0.1) is 0 Å². The van der Waals surface area contributed by atoms with Crippen LogP contribution in [0.25, 0.3) is 0 Å². The summed E-state index contributed by atoms with van der Waals surface area (Å²) < 4.78 is 14.3. The summed E-state index contributed by atoms with van der Waals surface area (Å²) in [4.78, 5) is 0. The van der Waals surface area contributed by atoms with Crippen LogP contribution in [-0.2, 0) is 6.42 Å². The zero-order valence-corrected chi connectivity index (χ0v) is 9.30. The monoisotopic (exact) mass is 227 g/mol. The SMILES string of the molecule is NC1CCC(F)(Cc2ccccc2Cl)C1. The molecule has 2 unspecified atom stereocenters. The van der Waals surface area contributed by atoms with E-state index in [0.29, 0.717) is 24.3 Å². The topological polar surface area (TPSA) is 26.0 Å². The minimum absolute atomic E-state index is 0.0116. The fourth-order valence-electron chi connectivity index (χ4n) is 2.26. The highest BCUT2D eigenvalue weighted by molar-refractivity contribution is 6.31. The average Bonchev–Trinajstić information content (AvgIpc) is 2.51. The van der Waals surface area contributed by atoms with Crippen molar-refractivity contribution in [2.75, 3.05) is 0 Å². The van der Waals surface area contributed by atoms with Crippen molar-refractivity contribution in [3.63, 3.8) is 0 Å². The average molecular weight is 228 g/mol. The van der Waals surface area contributed by atoms with E-state index in [-0.39, 0.29) is 6.04 Å². The molecule has 0 radical (unpaired) electrons. The Morgan fingerprint density at radius 1 is 1.47 bits per heavy atom. The summed E-state index contributed by atoms with van der Waals surface area (Å²) >= 11 is 6.00. The maximum atomic E-state index is 14.3. The molecular formula is C12H15ClFN. The first-order valence-corrected chi connectivity index (χ1v) is 5.65. The van der Waals surface area contributed by atoms with Crippen LogP contribution < -0.4 is 5.73 Å². The van der Waals surface area contributed by atoms with Crippen LogP contribution >= 0.6 is 11.6 Å². The zero-order valence-electron chi connectivity index (χ0n) is 8.55. The number of nitrogens with two attached hydrogens (primary N) is 1. The van der Waals surface area contributed by atoms with Crippen LogP contribution in [0.1, 0.15) is 24.8 Å². The van der Waals surface area contributed by atoms with Crippen molar-refractivity contribution in [2.45, 2.75) is 37.4 Å². The van der Waals surface area contributed by atoms with E-state index < -0.39 is 5.67 Å². The third-order valence-electron chi connectivity index (χ3n) is 3.06. The lowest BCUT2D eigenvalue weighted by atomic mass is 9.94. The van der Waals surface area contributed by atoms with Gasteiger partial charge in [0, 0.05) is 17.5 Å². The molecule has 1 aromatic carbocycles. The first-order chi connectivity index (χ1) is 7.09. The molecule has 0 spiro atoms. The maximum absolute atomic E-state index is 14.3. The predicted octanol–water partition coefficient (Wildman–Crippen LogP) is 3.10. The van der Waals surface area contributed by atoms with E-state index >= 15 is 0 Å². The van der Waals surface area contributed by atoms with Crippen LogP contribution in [0.5, 0.6) is 0 Å². The predicted molar refractivity (Wildman–Crippen MR) is 60.8 cm³/mol. The zero-order chi connectivity index (χ0) is 10.9. The first-order valence-electron chi connectivity index (χ1n) is 5.27. The number of alkyl halides is 1. The van der Waals surface area contributed by atoms with Gasteiger partial charge in [0.05, 0.1) is 0 Å². The minimum Gasteiger partial charge on any atom is -0.328 e. The second-order valence-electron chi connectivity index (χ2n) is 4.42. The Balaban J connectivity index is 2.12. The smallest absolute Gasteiger partial charge is 0.116 e. The lowest BCUT2D eigenvalue weighted by Gasteiger charge is -2.19. The first kappa shape index (κ1) is 10.9. The van der Waals surface area contributed by atoms with Crippen LogP contribution in [-0.4, -0.2) is 11.7 Å². The van der Waals surface area contributed by atoms with Crippen molar-refractivity contribution in [1.29, 1.82) is 0 Å². The molecule has 2 atom stereocenters. The molecule has 0 aliphatic heterocycles. The number of benzene rings is 1. The fourth-order valence-corrected chi connectivity index (χ4v) is 2.46. The van der Waals surface area contributed by atoms with Gasteiger partial charge in [-0.15, -0.1) is 0 Å². The van der Waals surface area contributed by atoms with Gasteiger partial charge in [0.1, 0.15) is 5.67 Å². The van der Waals surface area contributed by atoms with Crippen LogP contribution in [0.3, 0.4) is 0 Å². The van der Waals surface area contributed by atoms with Gasteiger partial charge in [-0.2, -0.15) is 0 Å². The summed E-state index contributed by atoms with van der Waals surface area (Å²) in [6.07, 6.45) is 2.18. The molecule has 1 saturated carbocycles. The van der Waals surface area contributed by atoms with E-state index in [1.807, 2.05) is 18.2 Å². The van der Waals surface area contributed by atoms with E-state index in [9.17, 15) is 4.39 Å². The molecule has 0 bridgehead atoms. The normalized spacial score (nSPS) is 30.7. The Morgan fingerprint density at radius 2 is 2.20 bits per heavy atom. The molecule has 1 aliphatic rings. The van der Waals surface area contributed by atoms with Crippen molar-refractivity contribution in [1.82, 2.24) is 0 Å². The van der Waals surface area contributed by atoms with Gasteiger partial charge in [-0.1, -0.05) is 29.8 Å². The number of hydrogen-bond acceptors (Lipinski definition) is 1. The van der Waals surface area contributed by atoms with Crippen LogP contribution in [0.15, 0.2) is 24.3 Å². The Labute approximate surface area is 94.4 Å². The Bertz CT molecular complexity index is 355. The molecule has 82 valence electrons. The van der Waals surface area contributed by atoms with Crippen molar-refractivity contribution in [3.8, 4) is 0 Å². The molecule has 0 saturated heterocycles. The van der Waals surface area contributed by atoms with Gasteiger partial charge in [-0.25, -0.2) is 4.39 Å². The number of hydrogen-bond donors (Lipinski definition) is 1. The Hall–Kier alpha value is -0.600. The van der Waals surface area contributed by atoms with Crippen molar-refractivity contribution in [2.24, 2.45) is 5.73 Å². The van der Waals surface area contributed by atoms with E-state index in [2.05, 4.69) is 0 Å². The highest BCUT2D eigenvalue weighted by Gasteiger charge is 2.38. The van der Waals surface area contributed by atoms with Gasteiger partial charge in [-0.05, 0) is 30.9 Å². The lowest BCUT2D eigenvalue weighted by molar-refractivity contribution is 0.170. The Kier molecular flexibility index (Phi) is 2.98. The van der Waals surface area contributed by atoms with Crippen LogP contribution in [0.4, 0.5) is 4.39 Å². The van der Waals surface area contributed by atoms with Gasteiger partial charge in [0.2, 0.25) is 0 Å². The van der Waals surface area contributed by atoms with Crippen LogP contribution in [0.2, 0.25) is 5.02 Å². The van der Waals surface area contributed by atoms with E-state index in [0.717, 1.165) is 12.0 Å². The quantitative estimate of drug-likeness (QED) is 0.826. The van der Waals surface area contributed by atoms with Gasteiger partial charge < -0.3 is 5.73 Å². The summed E-state index contributed by atoms with van der Waals surface area (Å²) in [5.74, 6) is 0. The highest BCUT2D eigenvalue weighted by atomic mass is 35.5. The van der Waals surface area contributed by atoms with E-state index in [1.54, 1.807) is 6.07 Å². The van der Waals surface area contributed by atoms with Crippen molar-refractivity contribution in [3.05, 3.63) is 34.9 Å². The molecule has 1 aliphatic carbocycles. The van der Waals surface area contributed by atoms with Gasteiger partial charge in [0.25, 0.3) is 0 Å². The fraction of sp³-hybridized carbons (Fsp3) is 0.500. The molecule has 0 aromatic heterocycles. The molecule has 15 heavy (non-hydrogen) atoms. The molecule has 0 heterocycles. The summed E-state index contributed by atoms with van der Waals surface area (Å²) in [7, 11) is 0. The minimum atomic E-state index is -1.15. The third kappa shape index (κ3) is 2.50. The lowest BCUT2D eigenvalue weighted by Crippen LogP contribution is -2.25. The highest BCUT2D eigenvalue weighted by Crippen LogP contribution is 2.37. The van der Waals surface area contributed by atoms with Crippen molar-refractivity contribution < 1.29 is 4.39 Å². The molecular weight excluding hydrogens is 213 g/mol. The standard InChI is InChI=1S/C12H15ClFN/c13-11-4-2-1-3-9(11)7-12(14)6-5-10(15)8-12/h1-4,10H,5-8,15H2. The Morgan fingerprint density at radius 3 is 2.80 bits per heavy atom. The summed E-state index contributed by atoms with van der Waals surface area (Å²) in [6, 6.07) is 7.44. The molecule has 1 fully saturated rings. The summed E-state index contributed by atoms with van der Waals surface area (Å²) in [6.45, 7) is 0. The number of rotatable bonds is 2. The van der Waals surface area contributed by atoms with Gasteiger partial charge >= 0.3 is 0 Å². The van der Waals surface area contributed by atoms with Gasteiger partial charge in [0.15, 0.2) is 0 Å². The summed E-state index contributed by atoms with van der Waals surface area (Å²) in [5, 5.41) is 0.648.